The van der Waals surface area contributed by atoms with E-state index in [1.807, 2.05) is 18.2 Å². The molecule has 1 aromatic rings. The Morgan fingerprint density at radius 3 is 2.84 bits per heavy atom. The van der Waals surface area contributed by atoms with Crippen LogP contribution in [0.2, 0.25) is 0 Å². The predicted octanol–water partition coefficient (Wildman–Crippen LogP) is 0.326. The maximum atomic E-state index is 12.4. The summed E-state index contributed by atoms with van der Waals surface area (Å²) in [5.74, 6) is 0.323. The number of likely N-dealkylation sites (N-methyl/N-ethyl adjacent to an activating group) is 1. The second-order valence-corrected chi connectivity index (χ2v) is 8.95. The minimum absolute atomic E-state index is 0.135. The number of fused-ring (bicyclic) bond motifs is 2. The van der Waals surface area contributed by atoms with Crippen molar-refractivity contribution in [1.29, 1.82) is 0 Å². The van der Waals surface area contributed by atoms with Crippen molar-refractivity contribution >= 4 is 27.7 Å². The molecule has 31 heavy (non-hydrogen) atoms. The molecule has 3 aliphatic heterocycles. The third-order valence-corrected chi connectivity index (χ3v) is 6.02. The van der Waals surface area contributed by atoms with Crippen molar-refractivity contribution in [2.45, 2.75) is 6.10 Å². The Kier molecular flexibility index (Phi) is 5.68. The van der Waals surface area contributed by atoms with Crippen LogP contribution in [0.5, 0.6) is 11.5 Å². The Bertz CT molecular complexity index is 1090. The summed E-state index contributed by atoms with van der Waals surface area (Å²) in [6, 6.07) is 7.30. The molecule has 10 nitrogen and oxygen atoms in total. The maximum Gasteiger partial charge on any atom is 0.340 e. The van der Waals surface area contributed by atoms with Crippen LogP contribution in [0.25, 0.3) is 0 Å². The summed E-state index contributed by atoms with van der Waals surface area (Å²) in [5.41, 5.74) is 0.203. The average Bonchev–Trinajstić information content (AvgIpc) is 2.76. The summed E-state index contributed by atoms with van der Waals surface area (Å²) in [6.07, 6.45) is 3.97. The third kappa shape index (κ3) is 4.88. The number of amidine groups is 1. The molecule has 1 atom stereocenters. The van der Waals surface area contributed by atoms with Gasteiger partial charge in [-0.05, 0) is 24.3 Å². The van der Waals surface area contributed by atoms with E-state index in [0.717, 1.165) is 0 Å². The molecule has 0 bridgehead atoms. The lowest BCUT2D eigenvalue weighted by Crippen LogP contribution is -2.43. The van der Waals surface area contributed by atoms with Gasteiger partial charge in [0.05, 0.1) is 17.9 Å². The fourth-order valence-electron chi connectivity index (χ4n) is 3.20. The van der Waals surface area contributed by atoms with E-state index in [-0.39, 0.29) is 42.3 Å². The number of ether oxygens (including phenoxy) is 3. The fourth-order valence-corrected chi connectivity index (χ4v) is 4.17. The molecule has 0 aliphatic carbocycles. The van der Waals surface area contributed by atoms with Gasteiger partial charge in [-0.2, -0.15) is 0 Å². The van der Waals surface area contributed by atoms with E-state index >= 15 is 0 Å². The molecule has 4 rings (SSSR count). The van der Waals surface area contributed by atoms with Crippen molar-refractivity contribution in [1.82, 2.24) is 9.80 Å². The first-order valence-electron chi connectivity index (χ1n) is 9.59. The monoisotopic (exact) mass is 447 g/mol. The molecule has 3 aliphatic rings. The number of benzene rings is 1. The number of hydrogen-bond acceptors (Lipinski definition) is 8. The van der Waals surface area contributed by atoms with E-state index in [9.17, 15) is 18.0 Å². The normalized spacial score (nSPS) is 20.8. The average molecular weight is 447 g/mol. The zero-order chi connectivity index (χ0) is 22.0. The second kappa shape index (κ2) is 8.42. The van der Waals surface area contributed by atoms with Crippen LogP contribution in [0.4, 0.5) is 0 Å². The van der Waals surface area contributed by atoms with Crippen molar-refractivity contribution in [2.75, 3.05) is 39.1 Å². The van der Waals surface area contributed by atoms with Crippen molar-refractivity contribution in [2.24, 2.45) is 4.40 Å². The Hall–Kier alpha value is -3.34. The molecule has 0 saturated heterocycles. The van der Waals surface area contributed by atoms with E-state index in [0.29, 0.717) is 18.1 Å². The van der Waals surface area contributed by atoms with Crippen molar-refractivity contribution in [3.63, 3.8) is 0 Å². The van der Waals surface area contributed by atoms with E-state index in [2.05, 4.69) is 4.40 Å². The minimum Gasteiger partial charge on any atom is -0.486 e. The number of carbonyl (C=O) groups excluding carboxylic acids is 2. The molecule has 3 heterocycles. The Morgan fingerprint density at radius 2 is 2.03 bits per heavy atom. The highest BCUT2D eigenvalue weighted by Crippen LogP contribution is 2.30. The number of amides is 1. The molecule has 1 aromatic carbocycles. The molecule has 1 unspecified atom stereocenters. The number of esters is 1. The van der Waals surface area contributed by atoms with Gasteiger partial charge in [0.2, 0.25) is 0 Å². The van der Waals surface area contributed by atoms with Crippen LogP contribution in [-0.2, 0) is 24.3 Å². The summed E-state index contributed by atoms with van der Waals surface area (Å²) in [4.78, 5) is 27.7. The number of sulfonamides is 1. The summed E-state index contributed by atoms with van der Waals surface area (Å²) in [6.45, 7) is 0.341. The van der Waals surface area contributed by atoms with Crippen LogP contribution in [0, 0.1) is 0 Å². The van der Waals surface area contributed by atoms with Gasteiger partial charge in [0, 0.05) is 19.8 Å². The van der Waals surface area contributed by atoms with Crippen molar-refractivity contribution in [3.8, 4) is 11.5 Å². The molecule has 0 aromatic heterocycles. The molecule has 164 valence electrons. The smallest absolute Gasteiger partial charge is 0.340 e. The zero-order valence-corrected chi connectivity index (χ0v) is 17.6. The zero-order valence-electron chi connectivity index (χ0n) is 16.8. The molecule has 11 heteroatoms. The second-order valence-electron chi connectivity index (χ2n) is 7.19. The fraction of sp³-hybridized carbons (Fsp3) is 0.350. The number of para-hydroxylation sites is 2. The SMILES string of the molecule is CN(CC1COc2ccccc2O1)C(=O)COC(=O)C1=CN2CCS(=O)(=O)N=C2C=C1. The van der Waals surface area contributed by atoms with Crippen LogP contribution in [0.1, 0.15) is 0 Å². The van der Waals surface area contributed by atoms with Crippen LogP contribution < -0.4 is 9.47 Å². The van der Waals surface area contributed by atoms with E-state index < -0.39 is 22.6 Å². The van der Waals surface area contributed by atoms with Crippen LogP contribution in [0.15, 0.2) is 52.6 Å². The Labute approximate surface area is 179 Å². The van der Waals surface area contributed by atoms with Crippen LogP contribution in [-0.4, -0.2) is 81.1 Å². The first-order valence-corrected chi connectivity index (χ1v) is 11.2. The maximum absolute atomic E-state index is 12.4. The highest BCUT2D eigenvalue weighted by Gasteiger charge is 2.27. The number of nitrogens with zero attached hydrogens (tertiary/aromatic N) is 3. The van der Waals surface area contributed by atoms with E-state index in [1.165, 1.54) is 23.3 Å². The lowest BCUT2D eigenvalue weighted by molar-refractivity contribution is -0.148. The number of hydrogen-bond donors (Lipinski definition) is 0. The van der Waals surface area contributed by atoms with Gasteiger partial charge in [-0.1, -0.05) is 12.1 Å². The van der Waals surface area contributed by atoms with Crippen LogP contribution >= 0.6 is 0 Å². The van der Waals surface area contributed by atoms with Gasteiger partial charge in [0.15, 0.2) is 24.2 Å². The number of rotatable bonds is 5. The summed E-state index contributed by atoms with van der Waals surface area (Å²) in [5, 5.41) is 0. The Balaban J connectivity index is 1.27. The molecule has 0 N–H and O–H groups in total. The van der Waals surface area contributed by atoms with Gasteiger partial charge in [0.25, 0.3) is 15.9 Å². The molecule has 1 amide bonds. The molecular weight excluding hydrogens is 426 g/mol. The minimum atomic E-state index is -3.47. The van der Waals surface area contributed by atoms with Crippen LogP contribution in [0.3, 0.4) is 0 Å². The van der Waals surface area contributed by atoms with E-state index in [4.69, 9.17) is 14.2 Å². The van der Waals surface area contributed by atoms with E-state index in [1.54, 1.807) is 18.0 Å². The van der Waals surface area contributed by atoms with Crippen molar-refractivity contribution in [3.05, 3.63) is 48.2 Å². The highest BCUT2D eigenvalue weighted by atomic mass is 32.2. The summed E-state index contributed by atoms with van der Waals surface area (Å²) >= 11 is 0. The molecule has 0 fully saturated rings. The standard InChI is InChI=1S/C20H21N3O7S/c1-22(11-15-12-28-16-4-2-3-5-17(16)30-15)19(24)13-29-20(25)14-6-7-18-21-31(26,27)9-8-23(18)10-14/h2-7,10,15H,8-9,11-13H2,1H3. The largest absolute Gasteiger partial charge is 0.486 e. The first-order chi connectivity index (χ1) is 14.8. The molecule has 0 spiro atoms. The lowest BCUT2D eigenvalue weighted by Gasteiger charge is -2.29. The first kappa shape index (κ1) is 20.9. The topological polar surface area (TPSA) is 115 Å². The predicted molar refractivity (Wildman–Crippen MR) is 110 cm³/mol. The third-order valence-electron chi connectivity index (χ3n) is 4.86. The molecular formula is C20H21N3O7S. The van der Waals surface area contributed by atoms with Gasteiger partial charge < -0.3 is 24.0 Å². The summed E-state index contributed by atoms with van der Waals surface area (Å²) in [7, 11) is -1.88. The highest BCUT2D eigenvalue weighted by molar-refractivity contribution is 7.90. The molecule has 0 saturated carbocycles. The Morgan fingerprint density at radius 1 is 1.26 bits per heavy atom. The van der Waals surface area contributed by atoms with Gasteiger partial charge >= 0.3 is 5.97 Å². The van der Waals surface area contributed by atoms with Gasteiger partial charge in [-0.25, -0.2) is 13.2 Å². The summed E-state index contributed by atoms with van der Waals surface area (Å²) < 4.78 is 43.3. The molecule has 0 radical (unpaired) electrons. The number of carbonyl (C=O) groups is 2. The van der Waals surface area contributed by atoms with Gasteiger partial charge in [-0.3, -0.25) is 4.79 Å². The van der Waals surface area contributed by atoms with Gasteiger partial charge in [0.1, 0.15) is 12.4 Å². The lowest BCUT2D eigenvalue weighted by atomic mass is 10.2. The van der Waals surface area contributed by atoms with Crippen molar-refractivity contribution < 1.29 is 32.2 Å². The van der Waals surface area contributed by atoms with Gasteiger partial charge in [-0.15, -0.1) is 4.40 Å². The quantitative estimate of drug-likeness (QED) is 0.593.